The summed E-state index contributed by atoms with van der Waals surface area (Å²) in [6.07, 6.45) is 7.51. The van der Waals surface area contributed by atoms with Crippen molar-refractivity contribution in [3.05, 3.63) is 47.8 Å². The highest BCUT2D eigenvalue weighted by atomic mass is 35.5. The average molecular weight is 315 g/mol. The minimum absolute atomic E-state index is 0.326. The molecule has 1 atom stereocenters. The van der Waals surface area contributed by atoms with Crippen LogP contribution in [0.2, 0.25) is 5.15 Å². The van der Waals surface area contributed by atoms with Crippen LogP contribution < -0.4 is 4.90 Å². The number of pyridine rings is 1. The van der Waals surface area contributed by atoms with Crippen LogP contribution in [0.3, 0.4) is 0 Å². The molecule has 112 valence electrons. The maximum Gasteiger partial charge on any atom is 0.160 e. The quantitative estimate of drug-likeness (QED) is 0.727. The van der Waals surface area contributed by atoms with Crippen molar-refractivity contribution < 1.29 is 0 Å². The van der Waals surface area contributed by atoms with Gasteiger partial charge in [0.2, 0.25) is 0 Å². The molecule has 0 bridgehead atoms. The van der Waals surface area contributed by atoms with Crippen LogP contribution in [0.4, 0.5) is 5.82 Å². The van der Waals surface area contributed by atoms with Crippen LogP contribution in [-0.4, -0.2) is 37.7 Å². The summed E-state index contributed by atoms with van der Waals surface area (Å²) in [5.41, 5.74) is 0.886. The number of halogens is 1. The number of fused-ring (bicyclic) bond motifs is 1. The zero-order chi connectivity index (χ0) is 14.9. The van der Waals surface area contributed by atoms with Gasteiger partial charge in [-0.2, -0.15) is 0 Å². The molecule has 7 heteroatoms. The van der Waals surface area contributed by atoms with E-state index in [4.69, 9.17) is 11.6 Å². The third-order valence-corrected chi connectivity index (χ3v) is 4.23. The van der Waals surface area contributed by atoms with Crippen LogP contribution in [0.1, 0.15) is 24.6 Å². The molecule has 0 N–H and O–H groups in total. The van der Waals surface area contributed by atoms with E-state index >= 15 is 0 Å². The van der Waals surface area contributed by atoms with Crippen LogP contribution in [0.15, 0.2) is 36.8 Å². The minimum Gasteiger partial charge on any atom is -0.355 e. The van der Waals surface area contributed by atoms with E-state index in [0.717, 1.165) is 43.2 Å². The largest absolute Gasteiger partial charge is 0.355 e. The van der Waals surface area contributed by atoms with E-state index in [-0.39, 0.29) is 0 Å². The SMILES string of the molecule is Clc1cncc(N2CCCC(c3nnc4ccccn34)C2)n1. The van der Waals surface area contributed by atoms with Crippen molar-refractivity contribution in [1.29, 1.82) is 0 Å². The highest BCUT2D eigenvalue weighted by Gasteiger charge is 2.26. The number of aromatic nitrogens is 5. The van der Waals surface area contributed by atoms with Gasteiger partial charge in [-0.15, -0.1) is 10.2 Å². The third kappa shape index (κ3) is 2.39. The van der Waals surface area contributed by atoms with E-state index in [1.807, 2.05) is 24.4 Å². The molecular weight excluding hydrogens is 300 g/mol. The Hall–Kier alpha value is -2.21. The van der Waals surface area contributed by atoms with E-state index in [1.165, 1.54) is 0 Å². The lowest BCUT2D eigenvalue weighted by Crippen LogP contribution is -2.35. The molecule has 1 aliphatic rings. The Balaban J connectivity index is 1.63. The summed E-state index contributed by atoms with van der Waals surface area (Å²) in [5.74, 6) is 2.16. The Bertz CT molecular complexity index is 801. The fourth-order valence-electron chi connectivity index (χ4n) is 3.02. The molecule has 0 saturated carbocycles. The topological polar surface area (TPSA) is 59.2 Å². The highest BCUT2D eigenvalue weighted by Crippen LogP contribution is 2.28. The Labute approximate surface area is 132 Å². The van der Waals surface area contributed by atoms with Crippen molar-refractivity contribution in [2.24, 2.45) is 0 Å². The average Bonchev–Trinajstić information content (AvgIpc) is 2.99. The highest BCUT2D eigenvalue weighted by molar-refractivity contribution is 6.29. The Kier molecular flexibility index (Phi) is 3.38. The molecule has 1 saturated heterocycles. The van der Waals surface area contributed by atoms with Gasteiger partial charge in [0.05, 0.1) is 12.4 Å². The number of nitrogens with zero attached hydrogens (tertiary/aromatic N) is 6. The Morgan fingerprint density at radius 1 is 1.18 bits per heavy atom. The molecule has 3 aromatic rings. The molecule has 4 heterocycles. The molecule has 1 fully saturated rings. The van der Waals surface area contributed by atoms with Gasteiger partial charge in [0.25, 0.3) is 0 Å². The van der Waals surface area contributed by atoms with E-state index in [0.29, 0.717) is 11.1 Å². The third-order valence-electron chi connectivity index (χ3n) is 4.04. The van der Waals surface area contributed by atoms with Crippen LogP contribution in [-0.2, 0) is 0 Å². The molecule has 0 aliphatic carbocycles. The number of hydrogen-bond acceptors (Lipinski definition) is 5. The molecule has 0 amide bonds. The van der Waals surface area contributed by atoms with Gasteiger partial charge in [-0.3, -0.25) is 9.38 Å². The maximum absolute atomic E-state index is 5.95. The first-order valence-electron chi connectivity index (χ1n) is 7.33. The summed E-state index contributed by atoms with van der Waals surface area (Å²) in [7, 11) is 0. The van der Waals surface area contributed by atoms with Crippen LogP contribution in [0, 0.1) is 0 Å². The van der Waals surface area contributed by atoms with Gasteiger partial charge in [0.1, 0.15) is 16.8 Å². The molecule has 4 rings (SSSR count). The van der Waals surface area contributed by atoms with Crippen LogP contribution in [0.25, 0.3) is 5.65 Å². The van der Waals surface area contributed by atoms with Crippen LogP contribution in [0.5, 0.6) is 0 Å². The lowest BCUT2D eigenvalue weighted by molar-refractivity contribution is 0.485. The Morgan fingerprint density at radius 3 is 3.05 bits per heavy atom. The van der Waals surface area contributed by atoms with Gasteiger partial charge < -0.3 is 4.90 Å². The van der Waals surface area contributed by atoms with Gasteiger partial charge in [-0.25, -0.2) is 4.98 Å². The molecule has 6 nitrogen and oxygen atoms in total. The van der Waals surface area contributed by atoms with E-state index in [1.54, 1.807) is 12.4 Å². The molecule has 1 unspecified atom stereocenters. The summed E-state index contributed by atoms with van der Waals surface area (Å²) in [5, 5.41) is 9.06. The van der Waals surface area contributed by atoms with E-state index < -0.39 is 0 Å². The van der Waals surface area contributed by atoms with Crippen molar-refractivity contribution in [1.82, 2.24) is 24.6 Å². The van der Waals surface area contributed by atoms with Gasteiger partial charge in [0.15, 0.2) is 5.65 Å². The molecule has 0 radical (unpaired) electrons. The standard InChI is InChI=1S/C15H15ClN6/c16-12-8-17-9-14(18-12)21-6-3-4-11(10-21)15-20-19-13-5-1-2-7-22(13)15/h1-2,5,7-9,11H,3-4,6,10H2. The number of piperidine rings is 1. The molecule has 1 aliphatic heterocycles. The number of anilines is 1. The molecule has 22 heavy (non-hydrogen) atoms. The smallest absolute Gasteiger partial charge is 0.160 e. The fraction of sp³-hybridized carbons (Fsp3) is 0.333. The second-order valence-electron chi connectivity index (χ2n) is 5.47. The minimum atomic E-state index is 0.326. The lowest BCUT2D eigenvalue weighted by atomic mass is 9.97. The van der Waals surface area contributed by atoms with Crippen molar-refractivity contribution in [2.75, 3.05) is 18.0 Å². The Morgan fingerprint density at radius 2 is 2.14 bits per heavy atom. The predicted octanol–water partition coefficient (Wildman–Crippen LogP) is 2.56. The van der Waals surface area contributed by atoms with Crippen molar-refractivity contribution in [3.63, 3.8) is 0 Å². The zero-order valence-corrected chi connectivity index (χ0v) is 12.7. The monoisotopic (exact) mass is 314 g/mol. The normalized spacial score (nSPS) is 18.8. The second kappa shape index (κ2) is 5.53. The van der Waals surface area contributed by atoms with E-state index in [2.05, 4.69) is 29.5 Å². The summed E-state index contributed by atoms with van der Waals surface area (Å²) in [6.45, 7) is 1.81. The molecule has 3 aromatic heterocycles. The maximum atomic E-state index is 5.95. The lowest BCUT2D eigenvalue weighted by Gasteiger charge is -2.32. The second-order valence-corrected chi connectivity index (χ2v) is 5.86. The van der Waals surface area contributed by atoms with E-state index in [9.17, 15) is 0 Å². The van der Waals surface area contributed by atoms with Gasteiger partial charge >= 0.3 is 0 Å². The fourth-order valence-corrected chi connectivity index (χ4v) is 3.16. The first kappa shape index (κ1) is 13.5. The van der Waals surface area contributed by atoms with Gasteiger partial charge in [-0.1, -0.05) is 17.7 Å². The van der Waals surface area contributed by atoms with Gasteiger partial charge in [-0.05, 0) is 25.0 Å². The molecular formula is C15H15ClN6. The number of hydrogen-bond donors (Lipinski definition) is 0. The summed E-state index contributed by atoms with van der Waals surface area (Å²) >= 11 is 5.95. The molecule has 0 aromatic carbocycles. The first-order valence-corrected chi connectivity index (χ1v) is 7.71. The first-order chi connectivity index (χ1) is 10.8. The number of rotatable bonds is 2. The van der Waals surface area contributed by atoms with Gasteiger partial charge in [0, 0.05) is 25.2 Å². The summed E-state index contributed by atoms with van der Waals surface area (Å²) in [6, 6.07) is 5.95. The van der Waals surface area contributed by atoms with Crippen molar-refractivity contribution in [3.8, 4) is 0 Å². The van der Waals surface area contributed by atoms with Crippen LogP contribution >= 0.6 is 11.6 Å². The summed E-state index contributed by atoms with van der Waals surface area (Å²) < 4.78 is 2.07. The van der Waals surface area contributed by atoms with Crippen molar-refractivity contribution >= 4 is 23.1 Å². The zero-order valence-electron chi connectivity index (χ0n) is 11.9. The summed E-state index contributed by atoms with van der Waals surface area (Å²) in [4.78, 5) is 10.7. The molecule has 0 spiro atoms. The predicted molar refractivity (Wildman–Crippen MR) is 84.2 cm³/mol. The van der Waals surface area contributed by atoms with Crippen molar-refractivity contribution in [2.45, 2.75) is 18.8 Å².